The van der Waals surface area contributed by atoms with Crippen LogP contribution >= 0.6 is 0 Å². The summed E-state index contributed by atoms with van der Waals surface area (Å²) in [4.78, 5) is 48.9. The molecule has 81 heavy (non-hydrogen) atoms. The lowest BCUT2D eigenvalue weighted by Gasteiger charge is -2.30. The van der Waals surface area contributed by atoms with E-state index in [4.69, 9.17) is 48.0 Å². The normalized spacial score (nSPS) is 14.1. The van der Waals surface area contributed by atoms with E-state index < -0.39 is 5.97 Å². The van der Waals surface area contributed by atoms with Gasteiger partial charge in [-0.1, -0.05) is 66.8 Å². The van der Waals surface area contributed by atoms with Crippen molar-refractivity contribution in [1.29, 1.82) is 0 Å². The van der Waals surface area contributed by atoms with Gasteiger partial charge in [0.05, 0.1) is 34.0 Å². The van der Waals surface area contributed by atoms with E-state index in [2.05, 4.69) is 47.1 Å². The van der Waals surface area contributed by atoms with Crippen LogP contribution in [0, 0.1) is 0 Å². The van der Waals surface area contributed by atoms with Gasteiger partial charge >= 0.3 is 5.97 Å². The van der Waals surface area contributed by atoms with E-state index in [1.54, 1.807) is 95.2 Å². The number of fused-ring (bicyclic) bond motifs is 4. The highest BCUT2D eigenvalue weighted by molar-refractivity contribution is 6.04. The van der Waals surface area contributed by atoms with Crippen LogP contribution in [0.15, 0.2) is 182 Å². The highest BCUT2D eigenvalue weighted by Gasteiger charge is 2.48. The van der Waals surface area contributed by atoms with Crippen molar-refractivity contribution in [2.45, 2.75) is 44.1 Å². The molecular weight excluding hydrogens is 1020 g/mol. The molecule has 10 rings (SSSR count). The largest absolute Gasteiger partial charge is 0.497 e. The zero-order valence-electron chi connectivity index (χ0n) is 45.5. The van der Waals surface area contributed by atoms with E-state index in [9.17, 15) is 9.59 Å². The van der Waals surface area contributed by atoms with Gasteiger partial charge in [0.2, 0.25) is 0 Å². The topological polar surface area (TPSA) is 150 Å². The summed E-state index contributed by atoms with van der Waals surface area (Å²) in [6.07, 6.45) is 12.7. The van der Waals surface area contributed by atoms with Crippen LogP contribution in [0.3, 0.4) is 0 Å². The number of hydrogen-bond donors (Lipinski definition) is 2. The summed E-state index contributed by atoms with van der Waals surface area (Å²) < 4.78 is 33.3. The molecule has 1 amide bonds. The van der Waals surface area contributed by atoms with Crippen LogP contribution in [0.25, 0.3) is 12.2 Å². The highest BCUT2D eigenvalue weighted by atomic mass is 17.2. The van der Waals surface area contributed by atoms with E-state index in [0.717, 1.165) is 59.6 Å². The van der Waals surface area contributed by atoms with Crippen molar-refractivity contribution in [2.75, 3.05) is 52.4 Å². The van der Waals surface area contributed by atoms with Gasteiger partial charge in [-0.25, -0.2) is 4.79 Å². The minimum absolute atomic E-state index is 0.202. The molecular formula is C67H62N2O12. The van der Waals surface area contributed by atoms with Gasteiger partial charge in [-0.05, 0) is 175 Å². The van der Waals surface area contributed by atoms with Gasteiger partial charge in [0, 0.05) is 51.2 Å². The number of anilines is 2. The fraction of sp³-hybridized carbons (Fsp3) is 0.194. The molecule has 2 aliphatic rings. The number of methoxy groups -OCH3 is 4. The van der Waals surface area contributed by atoms with Crippen LogP contribution in [0.1, 0.15) is 78.1 Å². The Morgan fingerprint density at radius 3 is 1.81 bits per heavy atom. The Labute approximate surface area is 471 Å². The SMILES string of the molecule is COc1ccc(COOc2ccc(OCNc3ccc(C=CCOOc4cccc5c4C4(CCc6cccc(C/C=C/c7ccc(NC(=O)c8ccc(OC(=O)c9ccc(OC)cc9)cc8)cc7OC)c64)CC5)c(OC)c3)cc2)cc1. The van der Waals surface area contributed by atoms with Gasteiger partial charge in [0.1, 0.15) is 47.7 Å². The van der Waals surface area contributed by atoms with Crippen LogP contribution < -0.4 is 48.8 Å². The first-order valence-electron chi connectivity index (χ1n) is 26.6. The standard InChI is InChI=1S/C67H62N2O12/c1-72-55-26-16-45(17-27-55)43-78-80-59-34-32-57(33-35-59)76-44-68-53-24-18-47(61(41-53)74-3)14-8-40-77-81-60-15-7-13-50-37-39-67(64(50)60)38-36-49-12-6-11-48(63(49)67)10-5-9-46-19-25-54(42-62(46)75-4)69-65(70)51-20-30-58(31-21-51)79-66(71)52-22-28-56(73-2)29-23-52/h5-9,11-35,41-42,68H,10,36-40,43-44H2,1-4H3,(H,69,70)/b9-5+,14-8?. The number of ether oxygens (including phenoxy) is 6. The highest BCUT2D eigenvalue weighted by Crippen LogP contribution is 2.56. The maximum Gasteiger partial charge on any atom is 0.343 e. The van der Waals surface area contributed by atoms with Gasteiger partial charge in [-0.15, -0.1) is 0 Å². The van der Waals surface area contributed by atoms with Crippen LogP contribution in [0.2, 0.25) is 0 Å². The third-order valence-corrected chi connectivity index (χ3v) is 14.5. The van der Waals surface area contributed by atoms with Gasteiger partial charge < -0.3 is 48.8 Å². The molecule has 8 aromatic carbocycles. The van der Waals surface area contributed by atoms with Gasteiger partial charge in [0.25, 0.3) is 5.91 Å². The van der Waals surface area contributed by atoms with Gasteiger partial charge in [0.15, 0.2) is 18.2 Å². The first-order valence-corrected chi connectivity index (χ1v) is 26.6. The molecule has 14 nitrogen and oxygen atoms in total. The smallest absolute Gasteiger partial charge is 0.343 e. The van der Waals surface area contributed by atoms with Crippen molar-refractivity contribution in [3.8, 4) is 46.0 Å². The zero-order valence-corrected chi connectivity index (χ0v) is 45.5. The van der Waals surface area contributed by atoms with Gasteiger partial charge in [-0.2, -0.15) is 9.78 Å². The number of amides is 1. The number of allylic oxidation sites excluding steroid dienone is 1. The Morgan fingerprint density at radius 2 is 1.12 bits per heavy atom. The average molecular weight is 1090 g/mol. The first-order chi connectivity index (χ1) is 39.7. The van der Waals surface area contributed by atoms with E-state index in [1.165, 1.54) is 27.8 Å². The number of aryl methyl sites for hydroxylation is 2. The van der Waals surface area contributed by atoms with E-state index in [1.807, 2.05) is 91.0 Å². The second kappa shape index (κ2) is 26.0. The van der Waals surface area contributed by atoms with Crippen molar-refractivity contribution >= 4 is 35.4 Å². The van der Waals surface area contributed by atoms with E-state index in [0.29, 0.717) is 64.3 Å². The number of benzene rings is 8. The fourth-order valence-corrected chi connectivity index (χ4v) is 10.5. The minimum atomic E-state index is -0.513. The monoisotopic (exact) mass is 1090 g/mol. The zero-order chi connectivity index (χ0) is 56.0. The Morgan fingerprint density at radius 1 is 0.531 bits per heavy atom. The summed E-state index contributed by atoms with van der Waals surface area (Å²) >= 11 is 0. The van der Waals surface area contributed by atoms with Crippen molar-refractivity contribution in [3.63, 3.8) is 0 Å². The Kier molecular flexibility index (Phi) is 17.6. The van der Waals surface area contributed by atoms with Crippen LogP contribution in [0.5, 0.6) is 46.0 Å². The summed E-state index contributed by atoms with van der Waals surface area (Å²) in [5.74, 6) is 4.19. The van der Waals surface area contributed by atoms with Crippen molar-refractivity contribution in [1.82, 2.24) is 0 Å². The molecule has 1 unspecified atom stereocenters. The predicted octanol–water partition coefficient (Wildman–Crippen LogP) is 13.6. The van der Waals surface area contributed by atoms with Crippen molar-refractivity contribution < 1.29 is 57.6 Å². The molecule has 2 aliphatic carbocycles. The molecule has 412 valence electrons. The summed E-state index contributed by atoms with van der Waals surface area (Å²) in [5.41, 5.74) is 11.2. The molecule has 0 radical (unpaired) electrons. The summed E-state index contributed by atoms with van der Waals surface area (Å²) in [6, 6.07) is 52.2. The first kappa shape index (κ1) is 54.8. The summed E-state index contributed by atoms with van der Waals surface area (Å²) in [7, 11) is 6.45. The van der Waals surface area contributed by atoms with Crippen LogP contribution in [-0.2, 0) is 41.1 Å². The number of carbonyl (C=O) groups is 2. The fourth-order valence-electron chi connectivity index (χ4n) is 10.5. The third-order valence-electron chi connectivity index (χ3n) is 14.5. The van der Waals surface area contributed by atoms with Crippen LogP contribution in [-0.4, -0.2) is 53.7 Å². The number of nitrogens with one attached hydrogen (secondary N) is 2. The van der Waals surface area contributed by atoms with Crippen molar-refractivity contribution in [2.24, 2.45) is 0 Å². The molecule has 0 fully saturated rings. The minimum Gasteiger partial charge on any atom is -0.497 e. The molecule has 0 aliphatic heterocycles. The molecule has 2 N–H and O–H groups in total. The molecule has 1 spiro atoms. The summed E-state index contributed by atoms with van der Waals surface area (Å²) in [6.45, 7) is 0.752. The van der Waals surface area contributed by atoms with Gasteiger partial charge in [-0.3, -0.25) is 4.79 Å². The Balaban J connectivity index is 0.712. The second-order valence-corrected chi connectivity index (χ2v) is 19.3. The summed E-state index contributed by atoms with van der Waals surface area (Å²) in [5, 5.41) is 6.25. The second-order valence-electron chi connectivity index (χ2n) is 19.3. The molecule has 14 heteroatoms. The third kappa shape index (κ3) is 13.2. The maximum absolute atomic E-state index is 13.3. The number of hydrogen-bond acceptors (Lipinski definition) is 13. The quantitative estimate of drug-likeness (QED) is 0.0148. The maximum atomic E-state index is 13.3. The molecule has 0 saturated heterocycles. The lowest BCUT2D eigenvalue weighted by Crippen LogP contribution is -2.24. The number of rotatable bonds is 24. The molecule has 0 heterocycles. The van der Waals surface area contributed by atoms with E-state index >= 15 is 0 Å². The van der Waals surface area contributed by atoms with Crippen molar-refractivity contribution in [3.05, 3.63) is 238 Å². The molecule has 0 bridgehead atoms. The number of carbonyl (C=O) groups excluding carboxylic acids is 2. The Bertz CT molecular complexity index is 3520. The predicted molar refractivity (Wildman–Crippen MR) is 311 cm³/mol. The molecule has 0 saturated carbocycles. The molecule has 0 aromatic heterocycles. The average Bonchev–Trinajstić information content (AvgIpc) is 3.72. The lowest BCUT2D eigenvalue weighted by molar-refractivity contribution is -0.217. The van der Waals surface area contributed by atoms with Crippen LogP contribution in [0.4, 0.5) is 11.4 Å². The molecule has 8 aromatic rings. The lowest BCUT2D eigenvalue weighted by atomic mass is 9.74. The van der Waals surface area contributed by atoms with E-state index in [-0.39, 0.29) is 24.7 Å². The number of esters is 1. The molecule has 1 atom stereocenters. The Hall–Kier alpha value is -9.50.